The van der Waals surface area contributed by atoms with E-state index in [4.69, 9.17) is 5.11 Å². The van der Waals surface area contributed by atoms with Crippen LogP contribution in [0.2, 0.25) is 0 Å². The number of anilines is 1. The largest absolute Gasteiger partial charge is 0.456 e. The van der Waals surface area contributed by atoms with Crippen LogP contribution in [0.3, 0.4) is 0 Å². The molecule has 1 atom stereocenters. The van der Waals surface area contributed by atoms with Crippen LogP contribution in [0.15, 0.2) is 24.3 Å². The van der Waals surface area contributed by atoms with Gasteiger partial charge in [0.25, 0.3) is 5.91 Å². The van der Waals surface area contributed by atoms with Crippen molar-refractivity contribution in [2.75, 3.05) is 18.5 Å². The molecule has 0 saturated carbocycles. The predicted molar refractivity (Wildman–Crippen MR) is 67.2 cm³/mol. The molecule has 98 valence electrons. The van der Waals surface area contributed by atoms with Crippen LogP contribution < -0.4 is 5.32 Å². The molecule has 18 heavy (non-hydrogen) atoms. The summed E-state index contributed by atoms with van der Waals surface area (Å²) in [4.78, 5) is 22.1. The van der Waals surface area contributed by atoms with Crippen LogP contribution in [0.5, 0.6) is 0 Å². The second kappa shape index (κ2) is 6.76. The minimum absolute atomic E-state index is 0.00315. The number of nitrogens with one attached hydrogen (secondary N) is 1. The minimum Gasteiger partial charge on any atom is -0.456 e. The van der Waals surface area contributed by atoms with Crippen molar-refractivity contribution in [3.63, 3.8) is 0 Å². The first-order valence-electron chi connectivity index (χ1n) is 5.67. The molecule has 0 aromatic heterocycles. The molecule has 5 heteroatoms. The Morgan fingerprint density at radius 2 is 2.06 bits per heavy atom. The molecular weight excluding hydrogens is 234 g/mol. The van der Waals surface area contributed by atoms with Gasteiger partial charge in [-0.25, -0.2) is 0 Å². The molecule has 1 unspecified atom stereocenters. The smallest absolute Gasteiger partial charge is 0.303 e. The number of para-hydroxylation sites is 1. The molecule has 0 radical (unpaired) electrons. The van der Waals surface area contributed by atoms with Crippen molar-refractivity contribution in [1.29, 1.82) is 0 Å². The SMILES string of the molecule is CC(=O)OCC(=O)Nc1ccccc1C(C)CO. The van der Waals surface area contributed by atoms with E-state index in [0.717, 1.165) is 5.56 Å². The molecule has 1 aromatic carbocycles. The van der Waals surface area contributed by atoms with Crippen LogP contribution in [-0.4, -0.2) is 30.2 Å². The maximum atomic E-state index is 11.5. The van der Waals surface area contributed by atoms with Crippen molar-refractivity contribution in [3.05, 3.63) is 29.8 Å². The van der Waals surface area contributed by atoms with Crippen molar-refractivity contribution >= 4 is 17.6 Å². The first-order valence-corrected chi connectivity index (χ1v) is 5.67. The Balaban J connectivity index is 2.72. The van der Waals surface area contributed by atoms with Gasteiger partial charge in [0, 0.05) is 25.1 Å². The van der Waals surface area contributed by atoms with Crippen molar-refractivity contribution in [3.8, 4) is 0 Å². The van der Waals surface area contributed by atoms with Crippen molar-refractivity contribution < 1.29 is 19.4 Å². The van der Waals surface area contributed by atoms with E-state index in [0.29, 0.717) is 5.69 Å². The van der Waals surface area contributed by atoms with E-state index in [1.165, 1.54) is 6.92 Å². The van der Waals surface area contributed by atoms with Gasteiger partial charge in [-0.1, -0.05) is 25.1 Å². The van der Waals surface area contributed by atoms with Gasteiger partial charge in [0.15, 0.2) is 6.61 Å². The molecule has 5 nitrogen and oxygen atoms in total. The summed E-state index contributed by atoms with van der Waals surface area (Å²) in [5, 5.41) is 11.8. The number of amides is 1. The molecule has 1 amide bonds. The molecule has 0 bridgehead atoms. The summed E-state index contributed by atoms with van der Waals surface area (Å²) in [5.41, 5.74) is 1.47. The fourth-order valence-corrected chi connectivity index (χ4v) is 1.49. The van der Waals surface area contributed by atoms with Gasteiger partial charge in [0.05, 0.1) is 0 Å². The van der Waals surface area contributed by atoms with Gasteiger partial charge in [-0.15, -0.1) is 0 Å². The number of ether oxygens (including phenoxy) is 1. The van der Waals surface area contributed by atoms with Crippen molar-refractivity contribution in [2.45, 2.75) is 19.8 Å². The van der Waals surface area contributed by atoms with Crippen molar-refractivity contribution in [2.24, 2.45) is 0 Å². The van der Waals surface area contributed by atoms with Crippen LogP contribution >= 0.6 is 0 Å². The average Bonchev–Trinajstić information content (AvgIpc) is 2.36. The Kier molecular flexibility index (Phi) is 5.32. The lowest BCUT2D eigenvalue weighted by Crippen LogP contribution is -2.21. The normalized spacial score (nSPS) is 11.7. The molecule has 1 rings (SSSR count). The molecule has 0 saturated heterocycles. The van der Waals surface area contributed by atoms with Crippen LogP contribution in [0.4, 0.5) is 5.69 Å². The fourth-order valence-electron chi connectivity index (χ4n) is 1.49. The van der Waals surface area contributed by atoms with Crippen LogP contribution in [-0.2, 0) is 14.3 Å². The second-order valence-electron chi connectivity index (χ2n) is 4.00. The Bertz CT molecular complexity index is 431. The summed E-state index contributed by atoms with van der Waals surface area (Å²) in [6.07, 6.45) is 0. The summed E-state index contributed by atoms with van der Waals surface area (Å²) in [7, 11) is 0. The van der Waals surface area contributed by atoms with E-state index in [2.05, 4.69) is 10.1 Å². The van der Waals surface area contributed by atoms with E-state index in [-0.39, 0.29) is 19.1 Å². The lowest BCUT2D eigenvalue weighted by molar-refractivity contribution is -0.144. The second-order valence-corrected chi connectivity index (χ2v) is 4.00. The summed E-state index contributed by atoms with van der Waals surface area (Å²) >= 11 is 0. The van der Waals surface area contributed by atoms with Crippen LogP contribution in [0.25, 0.3) is 0 Å². The number of carbonyl (C=O) groups excluding carboxylic acids is 2. The monoisotopic (exact) mass is 251 g/mol. The number of hydrogen-bond donors (Lipinski definition) is 2. The van der Waals surface area contributed by atoms with Crippen LogP contribution in [0.1, 0.15) is 25.3 Å². The molecule has 0 aliphatic heterocycles. The van der Waals surface area contributed by atoms with E-state index < -0.39 is 11.9 Å². The number of carbonyl (C=O) groups is 2. The lowest BCUT2D eigenvalue weighted by atomic mass is 10.00. The zero-order valence-electron chi connectivity index (χ0n) is 10.5. The summed E-state index contributed by atoms with van der Waals surface area (Å²) in [6.45, 7) is 2.79. The molecule has 2 N–H and O–H groups in total. The van der Waals surface area contributed by atoms with Gasteiger partial charge in [-0.05, 0) is 11.6 Å². The number of rotatable bonds is 5. The Morgan fingerprint density at radius 1 is 1.39 bits per heavy atom. The quantitative estimate of drug-likeness (QED) is 0.773. The van der Waals surface area contributed by atoms with Gasteiger partial charge >= 0.3 is 5.97 Å². The zero-order chi connectivity index (χ0) is 13.5. The average molecular weight is 251 g/mol. The number of aliphatic hydroxyl groups is 1. The standard InChI is InChI=1S/C13H17NO4/c1-9(7-15)11-5-3-4-6-12(11)14-13(17)8-18-10(2)16/h3-6,9,15H,7-8H2,1-2H3,(H,14,17). The van der Waals surface area contributed by atoms with Gasteiger partial charge in [0.1, 0.15) is 0 Å². The third kappa shape index (κ3) is 4.18. The van der Waals surface area contributed by atoms with Gasteiger partial charge in [-0.3, -0.25) is 9.59 Å². The third-order valence-corrected chi connectivity index (χ3v) is 2.45. The lowest BCUT2D eigenvalue weighted by Gasteiger charge is -2.14. The Hall–Kier alpha value is -1.88. The first-order chi connectivity index (χ1) is 8.54. The highest BCUT2D eigenvalue weighted by Crippen LogP contribution is 2.23. The number of benzene rings is 1. The number of esters is 1. The molecule has 0 aliphatic rings. The molecule has 0 heterocycles. The molecule has 1 aromatic rings. The maximum absolute atomic E-state index is 11.5. The topological polar surface area (TPSA) is 75.6 Å². The van der Waals surface area contributed by atoms with Gasteiger partial charge < -0.3 is 15.2 Å². The predicted octanol–water partition coefficient (Wildman–Crippen LogP) is 1.28. The van der Waals surface area contributed by atoms with Gasteiger partial charge in [0.2, 0.25) is 0 Å². The van der Waals surface area contributed by atoms with E-state index >= 15 is 0 Å². The van der Waals surface area contributed by atoms with E-state index in [1.807, 2.05) is 19.1 Å². The number of hydrogen-bond acceptors (Lipinski definition) is 4. The Morgan fingerprint density at radius 3 is 2.67 bits per heavy atom. The summed E-state index contributed by atoms with van der Waals surface area (Å²) < 4.78 is 4.60. The van der Waals surface area contributed by atoms with Crippen LogP contribution in [0, 0.1) is 0 Å². The Labute approximate surface area is 106 Å². The van der Waals surface area contributed by atoms with Crippen molar-refractivity contribution in [1.82, 2.24) is 0 Å². The minimum atomic E-state index is -0.498. The zero-order valence-corrected chi connectivity index (χ0v) is 10.5. The van der Waals surface area contributed by atoms with E-state index in [9.17, 15) is 9.59 Å². The molecule has 0 spiro atoms. The van der Waals surface area contributed by atoms with E-state index in [1.54, 1.807) is 12.1 Å². The highest BCUT2D eigenvalue weighted by atomic mass is 16.5. The first kappa shape index (κ1) is 14.2. The highest BCUT2D eigenvalue weighted by Gasteiger charge is 2.12. The highest BCUT2D eigenvalue weighted by molar-refractivity contribution is 5.93. The third-order valence-electron chi connectivity index (χ3n) is 2.45. The fraction of sp³-hybridized carbons (Fsp3) is 0.385. The van der Waals surface area contributed by atoms with Gasteiger partial charge in [-0.2, -0.15) is 0 Å². The summed E-state index contributed by atoms with van der Waals surface area (Å²) in [6, 6.07) is 7.20. The maximum Gasteiger partial charge on any atom is 0.303 e. The number of aliphatic hydroxyl groups excluding tert-OH is 1. The summed E-state index contributed by atoms with van der Waals surface area (Å²) in [5.74, 6) is -0.972. The molecule has 0 aliphatic carbocycles. The molecular formula is C13H17NO4. The molecule has 0 fully saturated rings.